The van der Waals surface area contributed by atoms with Crippen LogP contribution in [0, 0.1) is 0 Å². The fraction of sp³-hybridized carbons (Fsp3) is 0.238. The smallest absolute Gasteiger partial charge is 0.329 e. The van der Waals surface area contributed by atoms with Crippen LogP contribution in [0.2, 0.25) is 0 Å². The summed E-state index contributed by atoms with van der Waals surface area (Å²) in [5.41, 5.74) is 3.36. The number of hydrazone groups is 1. The lowest BCUT2D eigenvalue weighted by Gasteiger charge is -2.09. The number of hydrogen-bond acceptors (Lipinski definition) is 5. The lowest BCUT2D eigenvalue weighted by molar-refractivity contribution is -0.139. The van der Waals surface area contributed by atoms with Gasteiger partial charge in [-0.15, -0.1) is 0 Å². The SMILES string of the molecule is CCCCNC(=O)C(=O)N/N=C\c1ccccc1OCC(=O)Nc1ccc(Br)cc1. The van der Waals surface area contributed by atoms with Crippen LogP contribution in [-0.2, 0) is 14.4 Å². The lowest BCUT2D eigenvalue weighted by Crippen LogP contribution is -2.38. The largest absolute Gasteiger partial charge is 0.483 e. The quantitative estimate of drug-likeness (QED) is 0.224. The number of para-hydroxylation sites is 1. The van der Waals surface area contributed by atoms with Crippen molar-refractivity contribution in [3.05, 3.63) is 58.6 Å². The monoisotopic (exact) mass is 474 g/mol. The topological polar surface area (TPSA) is 109 Å². The van der Waals surface area contributed by atoms with E-state index < -0.39 is 11.8 Å². The van der Waals surface area contributed by atoms with Gasteiger partial charge in [0.2, 0.25) is 0 Å². The third-order valence-corrected chi connectivity index (χ3v) is 4.33. The first-order valence-electron chi connectivity index (χ1n) is 9.38. The summed E-state index contributed by atoms with van der Waals surface area (Å²) in [5, 5.41) is 9.02. The molecule has 0 saturated carbocycles. The molecule has 0 spiro atoms. The molecule has 0 aliphatic carbocycles. The second-order valence-corrected chi connectivity index (χ2v) is 7.11. The molecule has 158 valence electrons. The average Bonchev–Trinajstić information content (AvgIpc) is 2.74. The molecule has 0 bridgehead atoms. The molecule has 3 amide bonds. The standard InChI is InChI=1S/C21H23BrN4O4/c1-2-3-12-23-20(28)21(29)26-24-13-15-6-4-5-7-18(15)30-14-19(27)25-17-10-8-16(22)9-11-17/h4-11,13H,2-3,12,14H2,1H3,(H,23,28)(H,25,27)(H,26,29)/b24-13-. The molecular formula is C21H23BrN4O4. The number of unbranched alkanes of at least 4 members (excludes halogenated alkanes) is 1. The zero-order valence-corrected chi connectivity index (χ0v) is 18.1. The second kappa shape index (κ2) is 12.4. The molecule has 0 aliphatic heterocycles. The van der Waals surface area contributed by atoms with E-state index in [4.69, 9.17) is 4.74 Å². The number of rotatable bonds is 9. The van der Waals surface area contributed by atoms with Crippen molar-refractivity contribution in [1.29, 1.82) is 0 Å². The minimum absolute atomic E-state index is 0.201. The molecule has 3 N–H and O–H groups in total. The Morgan fingerprint density at radius 3 is 2.53 bits per heavy atom. The predicted molar refractivity (Wildman–Crippen MR) is 118 cm³/mol. The maximum atomic E-state index is 12.1. The summed E-state index contributed by atoms with van der Waals surface area (Å²) >= 11 is 3.33. The molecule has 0 saturated heterocycles. The zero-order valence-electron chi connectivity index (χ0n) is 16.5. The van der Waals surface area contributed by atoms with Crippen molar-refractivity contribution in [1.82, 2.24) is 10.7 Å². The van der Waals surface area contributed by atoms with E-state index in [1.54, 1.807) is 36.4 Å². The number of benzene rings is 2. The van der Waals surface area contributed by atoms with Crippen molar-refractivity contribution in [3.63, 3.8) is 0 Å². The van der Waals surface area contributed by atoms with Gasteiger partial charge in [0.15, 0.2) is 6.61 Å². The Balaban J connectivity index is 1.86. The van der Waals surface area contributed by atoms with Crippen LogP contribution in [0.3, 0.4) is 0 Å². The van der Waals surface area contributed by atoms with E-state index in [0.29, 0.717) is 23.5 Å². The fourth-order valence-corrected chi connectivity index (χ4v) is 2.53. The first-order valence-corrected chi connectivity index (χ1v) is 10.2. The maximum absolute atomic E-state index is 12.1. The van der Waals surface area contributed by atoms with Gasteiger partial charge in [-0.25, -0.2) is 5.43 Å². The van der Waals surface area contributed by atoms with Crippen molar-refractivity contribution in [2.75, 3.05) is 18.5 Å². The van der Waals surface area contributed by atoms with Gasteiger partial charge in [-0.3, -0.25) is 14.4 Å². The van der Waals surface area contributed by atoms with Crippen LogP contribution in [0.5, 0.6) is 5.75 Å². The molecule has 9 heteroatoms. The number of halogens is 1. The molecule has 0 heterocycles. The number of anilines is 1. The second-order valence-electron chi connectivity index (χ2n) is 6.19. The third-order valence-electron chi connectivity index (χ3n) is 3.80. The molecule has 0 aliphatic rings. The predicted octanol–water partition coefficient (Wildman–Crippen LogP) is 2.83. The summed E-state index contributed by atoms with van der Waals surface area (Å²) in [6.45, 7) is 2.22. The van der Waals surface area contributed by atoms with Gasteiger partial charge in [-0.05, 0) is 42.8 Å². The van der Waals surface area contributed by atoms with Gasteiger partial charge >= 0.3 is 11.8 Å². The molecule has 8 nitrogen and oxygen atoms in total. The summed E-state index contributed by atoms with van der Waals surface area (Å²) < 4.78 is 6.47. The number of hydrogen-bond donors (Lipinski definition) is 3. The van der Waals surface area contributed by atoms with Gasteiger partial charge in [0.25, 0.3) is 5.91 Å². The Bertz CT molecular complexity index is 900. The van der Waals surface area contributed by atoms with E-state index in [2.05, 4.69) is 37.1 Å². The van der Waals surface area contributed by atoms with Gasteiger partial charge in [-0.1, -0.05) is 41.4 Å². The Morgan fingerprint density at radius 1 is 1.07 bits per heavy atom. The number of carbonyl (C=O) groups excluding carboxylic acids is 3. The van der Waals surface area contributed by atoms with E-state index in [1.807, 2.05) is 19.1 Å². The molecular weight excluding hydrogens is 452 g/mol. The minimum atomic E-state index is -0.852. The molecule has 2 aromatic rings. The van der Waals surface area contributed by atoms with Crippen molar-refractivity contribution in [3.8, 4) is 5.75 Å². The molecule has 0 radical (unpaired) electrons. The van der Waals surface area contributed by atoms with Gasteiger partial charge in [-0.2, -0.15) is 5.10 Å². The van der Waals surface area contributed by atoms with Crippen molar-refractivity contribution in [2.45, 2.75) is 19.8 Å². The third kappa shape index (κ3) is 8.04. The summed E-state index contributed by atoms with van der Waals surface area (Å²) in [6.07, 6.45) is 3.06. The summed E-state index contributed by atoms with van der Waals surface area (Å²) in [7, 11) is 0. The van der Waals surface area contributed by atoms with Crippen molar-refractivity contribution in [2.24, 2.45) is 5.10 Å². The number of ether oxygens (including phenoxy) is 1. The van der Waals surface area contributed by atoms with Crippen LogP contribution in [0.4, 0.5) is 5.69 Å². The molecule has 0 atom stereocenters. The molecule has 0 fully saturated rings. The fourth-order valence-electron chi connectivity index (χ4n) is 2.26. The van der Waals surface area contributed by atoms with E-state index in [0.717, 1.165) is 17.3 Å². The first kappa shape index (κ1) is 23.1. The van der Waals surface area contributed by atoms with E-state index in [-0.39, 0.29) is 12.5 Å². The zero-order chi connectivity index (χ0) is 21.8. The summed E-state index contributed by atoms with van der Waals surface area (Å²) in [5.74, 6) is -1.50. The highest BCUT2D eigenvalue weighted by molar-refractivity contribution is 9.10. The van der Waals surface area contributed by atoms with Gasteiger partial charge in [0.1, 0.15) is 5.75 Å². The number of amides is 3. The van der Waals surface area contributed by atoms with E-state index in [9.17, 15) is 14.4 Å². The molecule has 2 aromatic carbocycles. The van der Waals surface area contributed by atoms with Gasteiger partial charge in [0.05, 0.1) is 6.21 Å². The van der Waals surface area contributed by atoms with Crippen molar-refractivity contribution < 1.29 is 19.1 Å². The Kier molecular flexibility index (Phi) is 9.53. The number of nitrogens with zero attached hydrogens (tertiary/aromatic N) is 1. The molecule has 30 heavy (non-hydrogen) atoms. The van der Waals surface area contributed by atoms with Gasteiger partial charge < -0.3 is 15.4 Å². The van der Waals surface area contributed by atoms with Crippen LogP contribution in [0.1, 0.15) is 25.3 Å². The Hall–Kier alpha value is -3.20. The Labute approximate surface area is 183 Å². The normalized spacial score (nSPS) is 10.5. The van der Waals surface area contributed by atoms with Crippen LogP contribution in [0.25, 0.3) is 0 Å². The van der Waals surface area contributed by atoms with Crippen LogP contribution >= 0.6 is 15.9 Å². The Morgan fingerprint density at radius 2 is 1.80 bits per heavy atom. The average molecular weight is 475 g/mol. The summed E-state index contributed by atoms with van der Waals surface area (Å²) in [4.78, 5) is 35.4. The molecule has 2 rings (SSSR count). The highest BCUT2D eigenvalue weighted by Crippen LogP contribution is 2.17. The van der Waals surface area contributed by atoms with E-state index in [1.165, 1.54) is 6.21 Å². The highest BCUT2D eigenvalue weighted by Gasteiger charge is 2.11. The van der Waals surface area contributed by atoms with Crippen molar-refractivity contribution >= 4 is 45.6 Å². The lowest BCUT2D eigenvalue weighted by atomic mass is 10.2. The maximum Gasteiger partial charge on any atom is 0.329 e. The number of carbonyl (C=O) groups is 3. The van der Waals surface area contributed by atoms with Crippen LogP contribution in [0.15, 0.2) is 58.1 Å². The molecule has 0 aromatic heterocycles. The van der Waals surface area contributed by atoms with E-state index >= 15 is 0 Å². The van der Waals surface area contributed by atoms with Gasteiger partial charge in [0, 0.05) is 22.3 Å². The van der Waals surface area contributed by atoms with Crippen LogP contribution < -0.4 is 20.8 Å². The first-order chi connectivity index (χ1) is 14.5. The van der Waals surface area contributed by atoms with Crippen LogP contribution in [-0.4, -0.2) is 37.1 Å². The summed E-state index contributed by atoms with van der Waals surface area (Å²) in [6, 6.07) is 14.1. The number of nitrogens with one attached hydrogen (secondary N) is 3. The highest BCUT2D eigenvalue weighted by atomic mass is 79.9. The molecule has 0 unspecified atom stereocenters. The minimum Gasteiger partial charge on any atom is -0.483 e.